The molecule has 4 aromatic heterocycles. The molecule has 142 heavy (non-hydrogen) atoms. The molecule has 0 saturated heterocycles. The summed E-state index contributed by atoms with van der Waals surface area (Å²) in [6.45, 7) is 4.74. The predicted octanol–water partition coefficient (Wildman–Crippen LogP) is 37.0. The third-order valence-electron chi connectivity index (χ3n) is 28.0. The number of hydrogen-bond donors (Lipinski definition) is 0. The zero-order valence-corrected chi connectivity index (χ0v) is 79.3. The highest BCUT2D eigenvalue weighted by Gasteiger charge is 2.37. The van der Waals surface area contributed by atoms with E-state index in [1.165, 1.54) is 119 Å². The Balaban J connectivity index is 0.000000109. The molecule has 1 aliphatic rings. The van der Waals surface area contributed by atoms with Crippen molar-refractivity contribution in [3.8, 4) is 99.9 Å². The van der Waals surface area contributed by atoms with Crippen LogP contribution in [0.15, 0.2) is 496 Å². The summed E-state index contributed by atoms with van der Waals surface area (Å²) in [5.74, 6) is 1.30. The lowest BCUT2D eigenvalue weighted by atomic mass is 9.82. The Bertz CT molecular complexity index is 9550. The number of oxazole rings is 1. The lowest BCUT2D eigenvalue weighted by Gasteiger charge is -2.28. The predicted molar refractivity (Wildman–Crippen MR) is 599 cm³/mol. The number of aromatic nitrogens is 5. The summed E-state index contributed by atoms with van der Waals surface area (Å²) in [5.41, 5.74) is 28.8. The minimum atomic E-state index is -0.118. The van der Waals surface area contributed by atoms with E-state index in [0.717, 1.165) is 133 Å². The number of thiazole rings is 2. The van der Waals surface area contributed by atoms with Crippen molar-refractivity contribution in [3.63, 3.8) is 0 Å². The summed E-state index contributed by atoms with van der Waals surface area (Å²) in [7, 11) is 0. The third-order valence-corrected chi connectivity index (χ3v) is 30.1. The fourth-order valence-corrected chi connectivity index (χ4v) is 22.9. The van der Waals surface area contributed by atoms with Crippen LogP contribution in [0.5, 0.6) is 0 Å². The van der Waals surface area contributed by atoms with Gasteiger partial charge in [0.15, 0.2) is 11.4 Å². The van der Waals surface area contributed by atoms with Crippen LogP contribution < -0.4 is 9.80 Å². The molecule has 0 aliphatic heterocycles. The van der Waals surface area contributed by atoms with Crippen LogP contribution in [-0.2, 0) is 5.41 Å². The lowest BCUT2D eigenvalue weighted by molar-refractivity contribution is 0.620. The highest BCUT2D eigenvalue weighted by Crippen LogP contribution is 2.54. The highest BCUT2D eigenvalue weighted by molar-refractivity contribution is 7.22. The fraction of sp³-hybridized carbons (Fsp3) is 0.0227. The molecule has 0 amide bonds. The number of anilines is 6. The first kappa shape index (κ1) is 84.6. The van der Waals surface area contributed by atoms with E-state index < -0.39 is 0 Å². The van der Waals surface area contributed by atoms with Crippen LogP contribution in [0.4, 0.5) is 34.1 Å². The summed E-state index contributed by atoms with van der Waals surface area (Å²) in [6.07, 6.45) is 0. The van der Waals surface area contributed by atoms with Gasteiger partial charge in [-0.05, 0) is 236 Å². The van der Waals surface area contributed by atoms with Crippen LogP contribution in [-0.4, -0.2) is 24.9 Å². The molecule has 10 heteroatoms. The van der Waals surface area contributed by atoms with Gasteiger partial charge in [0.25, 0.3) is 0 Å². The molecule has 1 aliphatic carbocycles. The van der Waals surface area contributed by atoms with Gasteiger partial charge in [0.1, 0.15) is 15.5 Å². The maximum absolute atomic E-state index is 6.22. The molecule has 0 unspecified atom stereocenters. The van der Waals surface area contributed by atoms with Gasteiger partial charge in [-0.3, -0.25) is 0 Å². The molecule has 27 aromatic rings. The number of hydrogen-bond acceptors (Lipinski definition) is 10. The Hall–Kier alpha value is -17.9. The molecule has 0 bridgehead atoms. The molecule has 0 atom stereocenters. The largest absolute Gasteiger partial charge is 0.436 e. The molecule has 28 rings (SSSR count). The third kappa shape index (κ3) is 15.5. The fourth-order valence-electron chi connectivity index (χ4n) is 20.9. The van der Waals surface area contributed by atoms with Crippen LogP contribution in [0, 0.1) is 0 Å². The van der Waals surface area contributed by atoms with Crippen LogP contribution in [0.25, 0.3) is 218 Å². The number of para-hydroxylation sites is 2. The van der Waals surface area contributed by atoms with Gasteiger partial charge in [0.2, 0.25) is 5.89 Å². The standard InChI is InChI=1S/C46H32N2S.C43H27N3O.C43H28N2S/c1-46(2)39-25-19-29-11-9-10-16-36(29)43(39)38-24-22-35(28-40(38)46)48(33-14-7-4-8-15-33)34-21-23-37-32(27-34)18-17-30-20-26-41-44(42(30)37)47-45(49-41)31-12-5-3-6-13-31;1-4-10-28(11-5-1)29-16-18-31(19-17-29)38-27-37(30-12-6-2-7-13-30)44-42(45-38)35-22-24-36-34(26-35)21-20-32-23-25-39-41(40(32)36)46-43(47-39)33-14-8-3-9-15-33;1-3-10-32(11-4-1)43-44-42-40(46-43)26-21-31-15-16-35-27-34(20-25-39(35)41(31)42)30-17-22-37(23-18-30)45(36-13-5-2-6-14-36)38-24-19-29-9-7-8-12-33(29)28-38/h3-28H,1-2H3;1-27H;1-28H. The minimum absolute atomic E-state index is 0.118. The van der Waals surface area contributed by atoms with E-state index in [2.05, 4.69) is 454 Å². The quantitative estimate of drug-likeness (QED) is 0.0996. The van der Waals surface area contributed by atoms with Crippen molar-refractivity contribution in [2.75, 3.05) is 9.80 Å². The van der Waals surface area contributed by atoms with Crippen LogP contribution in [0.2, 0.25) is 0 Å². The van der Waals surface area contributed by atoms with Crippen molar-refractivity contribution in [3.05, 3.63) is 503 Å². The van der Waals surface area contributed by atoms with Gasteiger partial charge in [0, 0.05) is 89.1 Å². The summed E-state index contributed by atoms with van der Waals surface area (Å²) in [5, 5.41) is 21.4. The first-order chi connectivity index (χ1) is 70.1. The molecular weight excluding hydrogens is 1760 g/mol. The Labute approximate surface area is 829 Å². The number of benzene rings is 23. The monoisotopic (exact) mass is 1850 g/mol. The topological polar surface area (TPSA) is 84.1 Å². The van der Waals surface area contributed by atoms with Gasteiger partial charge in [-0.2, -0.15) is 0 Å². The molecular formula is C132H87N7OS2. The number of fused-ring (bicyclic) bond motifs is 21. The average Bonchev–Trinajstić information content (AvgIpc) is 1.55. The molecule has 0 radical (unpaired) electrons. The van der Waals surface area contributed by atoms with Crippen molar-refractivity contribution >= 4 is 175 Å². The minimum Gasteiger partial charge on any atom is -0.436 e. The zero-order chi connectivity index (χ0) is 94.3. The normalized spacial score (nSPS) is 12.1. The Kier molecular flexibility index (Phi) is 21.2. The van der Waals surface area contributed by atoms with Gasteiger partial charge in [-0.15, -0.1) is 22.7 Å². The van der Waals surface area contributed by atoms with Gasteiger partial charge >= 0.3 is 0 Å². The van der Waals surface area contributed by atoms with Crippen molar-refractivity contribution in [2.24, 2.45) is 0 Å². The van der Waals surface area contributed by atoms with Crippen LogP contribution in [0.1, 0.15) is 25.0 Å². The van der Waals surface area contributed by atoms with E-state index in [4.69, 9.17) is 29.3 Å². The molecule has 668 valence electrons. The molecule has 4 heterocycles. The number of nitrogens with zero attached hydrogens (tertiary/aromatic N) is 7. The first-order valence-corrected chi connectivity index (χ1v) is 49.7. The molecule has 0 fully saturated rings. The van der Waals surface area contributed by atoms with E-state index >= 15 is 0 Å². The van der Waals surface area contributed by atoms with E-state index in [1.807, 2.05) is 60.7 Å². The highest BCUT2D eigenvalue weighted by atomic mass is 32.1. The summed E-state index contributed by atoms with van der Waals surface area (Å²) in [4.78, 5) is 30.2. The second-order valence-corrected chi connectivity index (χ2v) is 39.0. The van der Waals surface area contributed by atoms with Crippen molar-refractivity contribution in [2.45, 2.75) is 19.3 Å². The molecule has 8 nitrogen and oxygen atoms in total. The Morgan fingerprint density at radius 3 is 1.19 bits per heavy atom. The Morgan fingerprint density at radius 1 is 0.225 bits per heavy atom. The second kappa shape index (κ2) is 35.6. The van der Waals surface area contributed by atoms with Gasteiger partial charge in [-0.1, -0.05) is 384 Å². The number of rotatable bonds is 14. The van der Waals surface area contributed by atoms with E-state index in [-0.39, 0.29) is 5.41 Å². The molecule has 23 aromatic carbocycles. The zero-order valence-electron chi connectivity index (χ0n) is 77.6. The average molecular weight is 1850 g/mol. The van der Waals surface area contributed by atoms with Crippen LogP contribution >= 0.6 is 22.7 Å². The van der Waals surface area contributed by atoms with E-state index in [0.29, 0.717) is 11.7 Å². The van der Waals surface area contributed by atoms with Crippen molar-refractivity contribution < 1.29 is 4.42 Å². The molecule has 0 saturated carbocycles. The summed E-state index contributed by atoms with van der Waals surface area (Å²) in [6, 6.07) is 175. The van der Waals surface area contributed by atoms with Gasteiger partial charge < -0.3 is 14.2 Å². The molecule has 0 N–H and O–H groups in total. The van der Waals surface area contributed by atoms with Crippen LogP contribution in [0.3, 0.4) is 0 Å². The van der Waals surface area contributed by atoms with Crippen molar-refractivity contribution in [1.29, 1.82) is 0 Å². The SMILES string of the molecule is CC1(C)c2cc(N(c3ccccc3)c3ccc4c(ccc5ccc6sc(-c7ccccc7)nc6c54)c3)ccc2-c2c1ccc1ccccc21.c1ccc(-c2ccc(-c3cc(-c4ccccc4)nc(-c4ccc5c(ccc6ccc7oc(-c8ccccc8)nc7c65)c4)n3)cc2)cc1.c1ccc(-c2nc3c(ccc4ccc5cc(-c6ccc(N(c7ccccc7)c7ccc8ccccc8c7)cc6)ccc5c43)s2)cc1. The summed E-state index contributed by atoms with van der Waals surface area (Å²) >= 11 is 3.52. The van der Waals surface area contributed by atoms with Crippen molar-refractivity contribution in [1.82, 2.24) is 24.9 Å². The first-order valence-electron chi connectivity index (χ1n) is 48.1. The smallest absolute Gasteiger partial charge is 0.227 e. The van der Waals surface area contributed by atoms with E-state index in [9.17, 15) is 0 Å². The maximum Gasteiger partial charge on any atom is 0.227 e. The lowest BCUT2D eigenvalue weighted by Crippen LogP contribution is -2.16. The molecule has 0 spiro atoms. The van der Waals surface area contributed by atoms with Gasteiger partial charge in [0.05, 0.1) is 31.8 Å². The second-order valence-electron chi connectivity index (χ2n) is 36.9. The van der Waals surface area contributed by atoms with Gasteiger partial charge in [-0.25, -0.2) is 24.9 Å². The van der Waals surface area contributed by atoms with E-state index in [1.54, 1.807) is 22.7 Å². The Morgan fingerprint density at radius 2 is 0.599 bits per heavy atom. The maximum atomic E-state index is 6.22. The summed E-state index contributed by atoms with van der Waals surface area (Å²) < 4.78 is 8.64.